The minimum absolute atomic E-state index is 0.386. The van der Waals surface area contributed by atoms with Gasteiger partial charge in [-0.3, -0.25) is 0 Å². The normalized spacial score (nSPS) is 33.1. The third kappa shape index (κ3) is 2.93. The van der Waals surface area contributed by atoms with E-state index in [0.29, 0.717) is 5.54 Å². The SMILES string of the molecule is CCc1ccc(-c2cc(CNC34CC5CC(CC(C5)C3)C4)no2)cc1. The molecule has 0 atom stereocenters. The predicted molar refractivity (Wildman–Crippen MR) is 99.1 cm³/mol. The van der Waals surface area contributed by atoms with Crippen molar-refractivity contribution >= 4 is 0 Å². The molecule has 132 valence electrons. The van der Waals surface area contributed by atoms with Gasteiger partial charge in [-0.05, 0) is 68.3 Å². The van der Waals surface area contributed by atoms with Gasteiger partial charge in [0.1, 0.15) is 0 Å². The van der Waals surface area contributed by atoms with E-state index in [1.165, 1.54) is 44.1 Å². The summed E-state index contributed by atoms with van der Waals surface area (Å²) in [4.78, 5) is 0. The summed E-state index contributed by atoms with van der Waals surface area (Å²) in [6, 6.07) is 10.7. The lowest BCUT2D eigenvalue weighted by Gasteiger charge is -2.57. The second-order valence-electron chi connectivity index (χ2n) is 8.78. The number of rotatable bonds is 5. The lowest BCUT2D eigenvalue weighted by atomic mass is 9.53. The van der Waals surface area contributed by atoms with Crippen molar-refractivity contribution in [3.05, 3.63) is 41.6 Å². The Labute approximate surface area is 150 Å². The van der Waals surface area contributed by atoms with Gasteiger partial charge in [-0.1, -0.05) is 36.3 Å². The molecule has 0 unspecified atom stereocenters. The molecule has 0 aliphatic heterocycles. The number of nitrogens with zero attached hydrogens (tertiary/aromatic N) is 1. The highest BCUT2D eigenvalue weighted by atomic mass is 16.5. The summed E-state index contributed by atoms with van der Waals surface area (Å²) in [6.45, 7) is 3.01. The zero-order valence-electron chi connectivity index (χ0n) is 15.1. The Morgan fingerprint density at radius 2 is 1.68 bits per heavy atom. The molecule has 6 rings (SSSR count). The van der Waals surface area contributed by atoms with Gasteiger partial charge < -0.3 is 9.84 Å². The highest BCUT2D eigenvalue weighted by Gasteiger charge is 2.50. The first-order valence-corrected chi connectivity index (χ1v) is 10.0. The topological polar surface area (TPSA) is 38.1 Å². The van der Waals surface area contributed by atoms with Crippen LogP contribution in [0.15, 0.2) is 34.9 Å². The number of hydrogen-bond donors (Lipinski definition) is 1. The van der Waals surface area contributed by atoms with Gasteiger partial charge in [0.05, 0.1) is 5.69 Å². The van der Waals surface area contributed by atoms with E-state index < -0.39 is 0 Å². The predicted octanol–water partition coefficient (Wildman–Crippen LogP) is 4.96. The molecule has 3 nitrogen and oxygen atoms in total. The highest BCUT2D eigenvalue weighted by Crippen LogP contribution is 2.55. The van der Waals surface area contributed by atoms with Crippen LogP contribution in [-0.2, 0) is 13.0 Å². The van der Waals surface area contributed by atoms with Crippen molar-refractivity contribution < 1.29 is 4.52 Å². The van der Waals surface area contributed by atoms with Crippen LogP contribution in [0.3, 0.4) is 0 Å². The minimum atomic E-state index is 0.386. The maximum atomic E-state index is 5.61. The second-order valence-corrected chi connectivity index (χ2v) is 8.78. The van der Waals surface area contributed by atoms with E-state index in [-0.39, 0.29) is 0 Å². The summed E-state index contributed by atoms with van der Waals surface area (Å²) in [7, 11) is 0. The fourth-order valence-electron chi connectivity index (χ4n) is 6.04. The first-order chi connectivity index (χ1) is 12.2. The third-order valence-electron chi connectivity index (χ3n) is 6.89. The van der Waals surface area contributed by atoms with E-state index in [4.69, 9.17) is 4.52 Å². The fourth-order valence-corrected chi connectivity index (χ4v) is 6.04. The molecule has 4 aliphatic rings. The zero-order chi connectivity index (χ0) is 16.9. The van der Waals surface area contributed by atoms with Crippen LogP contribution in [0.2, 0.25) is 0 Å². The summed E-state index contributed by atoms with van der Waals surface area (Å²) in [6.07, 6.45) is 9.66. The Hall–Kier alpha value is -1.61. The molecule has 3 heteroatoms. The average Bonchev–Trinajstić information content (AvgIpc) is 3.08. The molecule has 25 heavy (non-hydrogen) atoms. The van der Waals surface area contributed by atoms with Crippen molar-refractivity contribution in [2.75, 3.05) is 0 Å². The fraction of sp³-hybridized carbons (Fsp3) is 0.591. The Balaban J connectivity index is 1.27. The van der Waals surface area contributed by atoms with Crippen LogP contribution in [0.1, 0.15) is 56.7 Å². The Bertz CT molecular complexity index is 710. The summed E-state index contributed by atoms with van der Waals surface area (Å²) < 4.78 is 5.61. The van der Waals surface area contributed by atoms with Gasteiger partial charge in [0, 0.05) is 23.7 Å². The van der Waals surface area contributed by atoms with E-state index in [0.717, 1.165) is 47.7 Å². The van der Waals surface area contributed by atoms with Crippen LogP contribution < -0.4 is 5.32 Å². The van der Waals surface area contributed by atoms with Crippen molar-refractivity contribution in [2.24, 2.45) is 17.8 Å². The molecule has 0 radical (unpaired) electrons. The van der Waals surface area contributed by atoms with E-state index >= 15 is 0 Å². The molecule has 0 amide bonds. The van der Waals surface area contributed by atoms with E-state index in [9.17, 15) is 0 Å². The standard InChI is InChI=1S/C22H28N2O/c1-2-15-3-5-19(6-4-15)21-10-20(24-25-21)14-23-22-11-16-7-17(12-22)9-18(8-16)13-22/h3-6,10,16-18,23H,2,7-9,11-14H2,1H3. The molecule has 1 N–H and O–H groups in total. The first-order valence-electron chi connectivity index (χ1n) is 10.0. The van der Waals surface area contributed by atoms with Gasteiger partial charge in [0.15, 0.2) is 5.76 Å². The summed E-state index contributed by atoms with van der Waals surface area (Å²) in [5, 5.41) is 8.22. The van der Waals surface area contributed by atoms with Crippen molar-refractivity contribution in [1.82, 2.24) is 10.5 Å². The summed E-state index contributed by atoms with van der Waals surface area (Å²) in [5.74, 6) is 3.81. The minimum Gasteiger partial charge on any atom is -0.356 e. The van der Waals surface area contributed by atoms with Crippen LogP contribution in [0.25, 0.3) is 11.3 Å². The Morgan fingerprint density at radius 1 is 1.04 bits per heavy atom. The molecular formula is C22H28N2O. The number of aromatic nitrogens is 1. The third-order valence-corrected chi connectivity index (χ3v) is 6.89. The molecule has 4 saturated carbocycles. The van der Waals surface area contributed by atoms with Crippen molar-refractivity contribution in [1.29, 1.82) is 0 Å². The molecule has 4 bridgehead atoms. The number of aryl methyl sites for hydroxylation is 1. The number of nitrogens with one attached hydrogen (secondary N) is 1. The summed E-state index contributed by atoms with van der Waals surface area (Å²) >= 11 is 0. The molecule has 0 spiro atoms. The Kier molecular flexibility index (Phi) is 3.74. The summed E-state index contributed by atoms with van der Waals surface area (Å²) in [5.41, 5.74) is 3.89. The maximum absolute atomic E-state index is 5.61. The molecule has 1 heterocycles. The molecular weight excluding hydrogens is 308 g/mol. The molecule has 0 saturated heterocycles. The highest BCUT2D eigenvalue weighted by molar-refractivity contribution is 5.57. The molecule has 4 aliphatic carbocycles. The first kappa shape index (κ1) is 15.6. The van der Waals surface area contributed by atoms with Crippen LogP contribution in [0.4, 0.5) is 0 Å². The largest absolute Gasteiger partial charge is 0.356 e. The van der Waals surface area contributed by atoms with Crippen LogP contribution >= 0.6 is 0 Å². The van der Waals surface area contributed by atoms with Crippen molar-refractivity contribution in [3.63, 3.8) is 0 Å². The van der Waals surface area contributed by atoms with Gasteiger partial charge in [0.2, 0.25) is 0 Å². The van der Waals surface area contributed by atoms with Crippen LogP contribution in [0.5, 0.6) is 0 Å². The van der Waals surface area contributed by atoms with E-state index in [2.05, 4.69) is 47.7 Å². The average molecular weight is 336 g/mol. The van der Waals surface area contributed by atoms with Crippen LogP contribution in [0, 0.1) is 17.8 Å². The smallest absolute Gasteiger partial charge is 0.167 e. The molecule has 4 fully saturated rings. The molecule has 1 aromatic heterocycles. The number of hydrogen-bond acceptors (Lipinski definition) is 3. The van der Waals surface area contributed by atoms with Gasteiger partial charge in [-0.25, -0.2) is 0 Å². The Morgan fingerprint density at radius 3 is 2.28 bits per heavy atom. The lowest BCUT2D eigenvalue weighted by Crippen LogP contribution is -2.58. The van der Waals surface area contributed by atoms with Crippen LogP contribution in [-0.4, -0.2) is 10.7 Å². The second kappa shape index (κ2) is 5.98. The van der Waals surface area contributed by atoms with Crippen molar-refractivity contribution in [3.8, 4) is 11.3 Å². The van der Waals surface area contributed by atoms with E-state index in [1.807, 2.05) is 0 Å². The zero-order valence-corrected chi connectivity index (χ0v) is 15.1. The van der Waals surface area contributed by atoms with Gasteiger partial charge in [-0.2, -0.15) is 0 Å². The monoisotopic (exact) mass is 336 g/mol. The van der Waals surface area contributed by atoms with Gasteiger partial charge in [-0.15, -0.1) is 0 Å². The number of benzene rings is 1. The van der Waals surface area contributed by atoms with Crippen molar-refractivity contribution in [2.45, 2.75) is 64.0 Å². The van der Waals surface area contributed by atoms with Gasteiger partial charge >= 0.3 is 0 Å². The van der Waals surface area contributed by atoms with E-state index in [1.54, 1.807) is 0 Å². The maximum Gasteiger partial charge on any atom is 0.167 e. The quantitative estimate of drug-likeness (QED) is 0.838. The lowest BCUT2D eigenvalue weighted by molar-refractivity contribution is -0.0208. The van der Waals surface area contributed by atoms with Gasteiger partial charge in [0.25, 0.3) is 0 Å². The molecule has 1 aromatic carbocycles. The molecule has 2 aromatic rings.